The number of ether oxygens (including phenoxy) is 7. The highest BCUT2D eigenvalue weighted by atomic mass is 16.7. The van der Waals surface area contributed by atoms with Gasteiger partial charge in [-0.25, -0.2) is 0 Å². The van der Waals surface area contributed by atoms with Gasteiger partial charge in [-0.15, -0.1) is 0 Å². The lowest BCUT2D eigenvalue weighted by Gasteiger charge is -2.46. The minimum absolute atomic E-state index is 0.0431. The molecular formula is C64H86N11O25. The number of hydrogen-bond acceptors (Lipinski definition) is 28. The summed E-state index contributed by atoms with van der Waals surface area (Å²) in [4.78, 5) is 71.0. The number of carbonyl (C=O) groups excluding carboxylic acids is 5. The van der Waals surface area contributed by atoms with Gasteiger partial charge in [-0.1, -0.05) is 67.6 Å². The lowest BCUT2D eigenvalue weighted by molar-refractivity contribution is -0.355. The normalized spacial score (nSPS) is 30.8. The van der Waals surface area contributed by atoms with Gasteiger partial charge in [0, 0.05) is 25.4 Å². The fourth-order valence-corrected chi connectivity index (χ4v) is 12.4. The molecule has 0 aromatic heterocycles. The number of carbonyl (C=O) groups is 4. The summed E-state index contributed by atoms with van der Waals surface area (Å²) >= 11 is 0. The minimum Gasteiger partial charge on any atom is -0.497 e. The molecular weight excluding hydrogens is 1320 g/mol. The molecule has 5 aliphatic rings. The maximum Gasteiger partial charge on any atom is 0.246 e. The Hall–Kier alpha value is -7.93. The number of fused-ring (bicyclic) bond motifs is 1. The van der Waals surface area contributed by atoms with Gasteiger partial charge in [0.2, 0.25) is 36.2 Å². The third kappa shape index (κ3) is 17.3. The number of rotatable bonds is 30. The van der Waals surface area contributed by atoms with Gasteiger partial charge in [0.15, 0.2) is 24.4 Å². The van der Waals surface area contributed by atoms with E-state index in [2.05, 4.69) is 37.2 Å². The van der Waals surface area contributed by atoms with E-state index >= 15 is 0 Å². The fraction of sp³-hybridized carbons (Fsp3) is 0.547. The molecule has 9 rings (SSSR count). The van der Waals surface area contributed by atoms with Crippen LogP contribution < -0.4 is 52.4 Å². The summed E-state index contributed by atoms with van der Waals surface area (Å²) in [7, 11) is 1.55. The Morgan fingerprint density at radius 3 is 1.92 bits per heavy atom. The second-order valence-corrected chi connectivity index (χ2v) is 24.8. The molecule has 547 valence electrons. The quantitative estimate of drug-likeness (QED) is 0.0230. The maximum atomic E-state index is 15.0. The first kappa shape index (κ1) is 76.3. The molecule has 0 aliphatic carbocycles. The second-order valence-electron chi connectivity index (χ2n) is 24.8. The van der Waals surface area contributed by atoms with Crippen LogP contribution in [0.15, 0.2) is 91.0 Å². The SMILES string of the molecule is COc1ccc2cc(COC3C(O)C(CO)OC(OC4C(CO)OC(Oc5ccc(C[C@H](NC(=O)[C@@H](N)C(C)c6ccccc6)C(=O)N[C@H](C(=O)N[C@H](C(=O)N[C@H]([C]=O)CO)C(O)C6CNC(=N)N6C6OC(CO)C(O)C(O)C6O)C(O)C6CNC(=N)N6)cc5)C(O)C4O)C3O)ccc2c1. The Morgan fingerprint density at radius 1 is 0.650 bits per heavy atom. The number of aliphatic hydroxyl groups excluding tert-OH is 13. The van der Waals surface area contributed by atoms with Crippen molar-refractivity contribution in [2.75, 3.05) is 46.6 Å². The molecule has 0 spiro atoms. The molecule has 5 heterocycles. The summed E-state index contributed by atoms with van der Waals surface area (Å²) in [6.45, 7) is -2.74. The van der Waals surface area contributed by atoms with Crippen LogP contribution in [0.3, 0.4) is 0 Å². The summed E-state index contributed by atoms with van der Waals surface area (Å²) in [6.07, 6.45) is -29.3. The predicted octanol–water partition coefficient (Wildman–Crippen LogP) is -8.98. The molecule has 25 atom stereocenters. The molecule has 4 aromatic rings. The molecule has 100 heavy (non-hydrogen) atoms. The van der Waals surface area contributed by atoms with Crippen LogP contribution in [0.4, 0.5) is 0 Å². The number of nitrogens with one attached hydrogen (secondary N) is 9. The van der Waals surface area contributed by atoms with E-state index < -0.39 is 221 Å². The topological polar surface area (TPSA) is 574 Å². The largest absolute Gasteiger partial charge is 0.497 e. The van der Waals surface area contributed by atoms with Gasteiger partial charge in [0.25, 0.3) is 0 Å². The van der Waals surface area contributed by atoms with Crippen molar-refractivity contribution in [3.8, 4) is 11.5 Å². The number of benzene rings is 4. The van der Waals surface area contributed by atoms with E-state index in [0.29, 0.717) is 16.9 Å². The van der Waals surface area contributed by atoms with E-state index in [-0.39, 0.29) is 30.4 Å². The number of guanidine groups is 2. The summed E-state index contributed by atoms with van der Waals surface area (Å²) in [5, 5.41) is 178. The van der Waals surface area contributed by atoms with Crippen LogP contribution in [0.25, 0.3) is 10.8 Å². The van der Waals surface area contributed by atoms with Crippen LogP contribution in [0.1, 0.15) is 29.5 Å². The highest BCUT2D eigenvalue weighted by Crippen LogP contribution is 2.34. The summed E-state index contributed by atoms with van der Waals surface area (Å²) < 4.78 is 40.5. The van der Waals surface area contributed by atoms with Crippen LogP contribution in [-0.4, -0.2) is 306 Å². The molecule has 5 fully saturated rings. The van der Waals surface area contributed by atoms with E-state index in [9.17, 15) is 90.4 Å². The molecule has 24 N–H and O–H groups in total. The molecule has 1 radical (unpaired) electrons. The zero-order valence-electron chi connectivity index (χ0n) is 54.0. The van der Waals surface area contributed by atoms with Crippen LogP contribution in [0.5, 0.6) is 11.5 Å². The maximum absolute atomic E-state index is 15.0. The zero-order chi connectivity index (χ0) is 72.4. The third-order valence-electron chi connectivity index (χ3n) is 18.3. The summed E-state index contributed by atoms with van der Waals surface area (Å²) in [6, 6.07) is 12.8. The second kappa shape index (κ2) is 34.2. The predicted molar refractivity (Wildman–Crippen MR) is 343 cm³/mol. The van der Waals surface area contributed by atoms with Crippen molar-refractivity contribution in [2.24, 2.45) is 5.73 Å². The lowest BCUT2D eigenvalue weighted by atomic mass is 9.93. The number of nitrogens with zero attached hydrogens (tertiary/aromatic N) is 1. The standard InChI is InChI=1S/C64H86N11O25/c1-27(30-6-4-3-5-7-30)42(65)57(91)71-36(56(90)73-43(45(81)37-19-68-63(66)72-37)59(93)74-44(58(92)70-33(21-76)22-77)46(82)38-20-69-64(67)75(38)60-51(87)49(85)47(83)39(23-78)97-60)17-28-9-13-34(14-10-28)96-61-52(88)50(86)54(41(25-80)99-61)100-62-53(89)55(48(84)40(24-79)98-62)95-26-29-8-11-32-18-35(94-2)15-12-31(32)16-29/h3-16,18,27,33,36-55,60-62,76,78-89H,17,19-21,23-26,65H2,1-2H3,(H2,67,69)(H,70,92)(H,71,91)(H,73,90)(H,74,93)(H3,66,68,72)/t27?,33-,36-,37?,38?,39?,40?,41?,42-,43-,44-,45?,46?,47?,48?,49?,50?,51?,52?,53?,54?,55?,60?,61?,62?/m0/s1. The van der Waals surface area contributed by atoms with Gasteiger partial charge in [-0.2, -0.15) is 0 Å². The van der Waals surface area contributed by atoms with Gasteiger partial charge < -0.3 is 147 Å². The van der Waals surface area contributed by atoms with Gasteiger partial charge in [0.05, 0.1) is 58.3 Å². The van der Waals surface area contributed by atoms with Gasteiger partial charge >= 0.3 is 0 Å². The van der Waals surface area contributed by atoms with Crippen LogP contribution in [-0.2, 0) is 60.7 Å². The third-order valence-corrected chi connectivity index (χ3v) is 18.3. The molecule has 4 aromatic carbocycles. The van der Waals surface area contributed by atoms with Crippen molar-refractivity contribution >= 4 is 52.6 Å². The van der Waals surface area contributed by atoms with Crippen molar-refractivity contribution < 1.29 is 124 Å². The average molecular weight is 1410 g/mol. The van der Waals surface area contributed by atoms with Gasteiger partial charge in [0.1, 0.15) is 121 Å². The Labute approximate surface area is 571 Å². The van der Waals surface area contributed by atoms with Crippen LogP contribution in [0.2, 0.25) is 0 Å². The summed E-state index contributed by atoms with van der Waals surface area (Å²) in [5.74, 6) is -5.88. The highest BCUT2D eigenvalue weighted by Gasteiger charge is 2.55. The Balaban J connectivity index is 0.928. The number of amides is 4. The first-order valence-corrected chi connectivity index (χ1v) is 32.0. The van der Waals surface area contributed by atoms with E-state index in [1.54, 1.807) is 56.5 Å². The Bertz CT molecular complexity index is 3440. The van der Waals surface area contributed by atoms with Gasteiger partial charge in [-0.3, -0.25) is 34.8 Å². The molecule has 4 amide bonds. The number of nitrogens with two attached hydrogens (primary N) is 1. The Morgan fingerprint density at radius 2 is 1.27 bits per heavy atom. The molecule has 0 bridgehead atoms. The summed E-state index contributed by atoms with van der Waals surface area (Å²) in [5.41, 5.74) is 8.08. The fourth-order valence-electron chi connectivity index (χ4n) is 12.4. The van der Waals surface area contributed by atoms with Crippen LogP contribution in [0, 0.1) is 10.8 Å². The monoisotopic (exact) mass is 1410 g/mol. The molecule has 20 unspecified atom stereocenters. The molecule has 0 saturated carbocycles. The molecule has 36 heteroatoms. The highest BCUT2D eigenvalue weighted by molar-refractivity contribution is 5.96. The first-order valence-electron chi connectivity index (χ1n) is 32.0. The Kier molecular flexibility index (Phi) is 26.0. The van der Waals surface area contributed by atoms with Crippen molar-refractivity contribution in [3.05, 3.63) is 108 Å². The van der Waals surface area contributed by atoms with Crippen LogP contribution >= 0.6 is 0 Å². The van der Waals surface area contributed by atoms with E-state index in [1.165, 1.54) is 30.6 Å². The number of aliphatic hydroxyl groups is 13. The van der Waals surface area contributed by atoms with E-state index in [0.717, 1.165) is 15.7 Å². The number of hydrogen-bond donors (Lipinski definition) is 23. The number of methoxy groups -OCH3 is 1. The molecule has 5 saturated heterocycles. The van der Waals surface area contributed by atoms with Crippen molar-refractivity contribution in [3.63, 3.8) is 0 Å². The average Bonchev–Trinajstić information content (AvgIpc) is 1.47. The zero-order valence-corrected chi connectivity index (χ0v) is 54.0. The van der Waals surface area contributed by atoms with E-state index in [1.807, 2.05) is 24.3 Å². The van der Waals surface area contributed by atoms with E-state index in [4.69, 9.17) is 49.7 Å². The minimum atomic E-state index is -2.30. The van der Waals surface area contributed by atoms with Crippen molar-refractivity contribution in [1.82, 2.24) is 42.1 Å². The van der Waals surface area contributed by atoms with Crippen molar-refractivity contribution in [2.45, 2.75) is 172 Å². The van der Waals surface area contributed by atoms with Crippen molar-refractivity contribution in [1.29, 1.82) is 10.8 Å². The molecule has 36 nitrogen and oxygen atoms in total. The first-order chi connectivity index (χ1) is 47.8. The molecule has 5 aliphatic heterocycles. The van der Waals surface area contributed by atoms with Gasteiger partial charge in [-0.05, 0) is 57.8 Å². The smallest absolute Gasteiger partial charge is 0.246 e. The lowest BCUT2D eigenvalue weighted by Crippen LogP contribution is -2.69.